The molecular weight excluding hydrogens is 323 g/mol. The molecule has 2 aromatic rings. The predicted octanol–water partition coefficient (Wildman–Crippen LogP) is 3.18. The molecule has 0 unspecified atom stereocenters. The summed E-state index contributed by atoms with van der Waals surface area (Å²) in [6, 6.07) is 5.90. The number of imidazole rings is 1. The van der Waals surface area contributed by atoms with Crippen LogP contribution in [0.15, 0.2) is 24.4 Å². The van der Waals surface area contributed by atoms with E-state index in [1.807, 2.05) is 29.8 Å². The molecule has 0 bridgehead atoms. The van der Waals surface area contributed by atoms with Gasteiger partial charge in [0.1, 0.15) is 11.0 Å². The highest BCUT2D eigenvalue weighted by Crippen LogP contribution is 2.30. The van der Waals surface area contributed by atoms with Crippen LogP contribution in [0.3, 0.4) is 0 Å². The number of aromatic nitrogens is 2. The van der Waals surface area contributed by atoms with Crippen molar-refractivity contribution in [2.75, 3.05) is 36.5 Å². The zero-order valence-electron chi connectivity index (χ0n) is 12.4. The fraction of sp³-hybridized carbons (Fsp3) is 0.400. The lowest BCUT2D eigenvalue weighted by Gasteiger charge is -2.30. The summed E-state index contributed by atoms with van der Waals surface area (Å²) in [6.07, 6.45) is 1.65. The Morgan fingerprint density at radius 3 is 2.73 bits per heavy atom. The first-order valence-electron chi connectivity index (χ1n) is 7.17. The highest BCUT2D eigenvalue weighted by molar-refractivity contribution is 6.31. The van der Waals surface area contributed by atoms with Crippen LogP contribution in [0.5, 0.6) is 0 Å². The lowest BCUT2D eigenvalue weighted by atomic mass is 10.2. The summed E-state index contributed by atoms with van der Waals surface area (Å²) in [7, 11) is 1.90. The molecule has 1 aliphatic heterocycles. The third-order valence-corrected chi connectivity index (χ3v) is 4.36. The van der Waals surface area contributed by atoms with Crippen molar-refractivity contribution in [3.63, 3.8) is 0 Å². The largest absolute Gasteiger partial charge is 0.378 e. The van der Waals surface area contributed by atoms with E-state index in [-0.39, 0.29) is 0 Å². The van der Waals surface area contributed by atoms with E-state index in [1.165, 1.54) is 0 Å². The first kappa shape index (κ1) is 15.5. The van der Waals surface area contributed by atoms with Crippen LogP contribution in [0.25, 0.3) is 0 Å². The first-order valence-corrected chi connectivity index (χ1v) is 7.93. The molecule has 3 rings (SSSR count). The summed E-state index contributed by atoms with van der Waals surface area (Å²) < 4.78 is 7.27. The first-order chi connectivity index (χ1) is 10.6. The second-order valence-corrected chi connectivity index (χ2v) is 5.99. The molecule has 0 saturated carbocycles. The number of halogens is 2. The highest BCUT2D eigenvalue weighted by Gasteiger charge is 2.15. The third-order valence-electron chi connectivity index (χ3n) is 3.78. The molecule has 1 N–H and O–H groups in total. The van der Waals surface area contributed by atoms with Gasteiger partial charge in [0.2, 0.25) is 0 Å². The number of nitrogens with zero attached hydrogens (tertiary/aromatic N) is 3. The van der Waals surface area contributed by atoms with Crippen molar-refractivity contribution in [1.82, 2.24) is 9.55 Å². The monoisotopic (exact) mass is 340 g/mol. The van der Waals surface area contributed by atoms with Gasteiger partial charge in [-0.1, -0.05) is 23.2 Å². The molecule has 22 heavy (non-hydrogen) atoms. The molecule has 0 atom stereocenters. The normalized spacial score (nSPS) is 15.1. The van der Waals surface area contributed by atoms with Gasteiger partial charge < -0.3 is 19.5 Å². The van der Waals surface area contributed by atoms with Gasteiger partial charge in [0.25, 0.3) is 0 Å². The summed E-state index contributed by atoms with van der Waals surface area (Å²) >= 11 is 12.2. The van der Waals surface area contributed by atoms with Gasteiger partial charge in [-0.15, -0.1) is 0 Å². The second-order valence-electron chi connectivity index (χ2n) is 5.17. The van der Waals surface area contributed by atoms with Crippen molar-refractivity contribution in [3.8, 4) is 0 Å². The lowest BCUT2D eigenvalue weighted by Crippen LogP contribution is -2.36. The minimum Gasteiger partial charge on any atom is -0.378 e. The molecule has 0 amide bonds. The molecule has 1 aromatic heterocycles. The summed E-state index contributed by atoms with van der Waals surface area (Å²) in [5.41, 5.74) is 2.13. The molecule has 5 nitrogen and oxygen atoms in total. The predicted molar refractivity (Wildman–Crippen MR) is 90.0 cm³/mol. The van der Waals surface area contributed by atoms with Crippen LogP contribution in [0.4, 0.5) is 11.4 Å². The van der Waals surface area contributed by atoms with Crippen LogP contribution in [0.1, 0.15) is 5.82 Å². The minimum atomic E-state index is 0.584. The maximum atomic E-state index is 6.15. The molecule has 1 aliphatic rings. The maximum Gasteiger partial charge on any atom is 0.128 e. The average molecular weight is 341 g/mol. The van der Waals surface area contributed by atoms with Gasteiger partial charge >= 0.3 is 0 Å². The van der Waals surface area contributed by atoms with Gasteiger partial charge in [0.05, 0.1) is 37.3 Å². The van der Waals surface area contributed by atoms with Crippen LogP contribution in [-0.4, -0.2) is 35.9 Å². The zero-order chi connectivity index (χ0) is 15.5. The quantitative estimate of drug-likeness (QED) is 0.928. The van der Waals surface area contributed by atoms with E-state index in [0.717, 1.165) is 43.5 Å². The van der Waals surface area contributed by atoms with Crippen molar-refractivity contribution in [2.24, 2.45) is 7.05 Å². The van der Waals surface area contributed by atoms with Crippen LogP contribution in [0, 0.1) is 0 Å². The molecule has 0 spiro atoms. The number of nitrogens with one attached hydrogen (secondary N) is 1. The molecular formula is C15H18Cl2N4O. The number of morpholine rings is 1. The van der Waals surface area contributed by atoms with Gasteiger partial charge in [0, 0.05) is 25.2 Å². The zero-order valence-corrected chi connectivity index (χ0v) is 13.9. The standard InChI is InChI=1S/C15H18Cl2N4O/c1-20-14(17)9-19-15(20)10-18-12-8-11(16)2-3-13(12)21-4-6-22-7-5-21/h2-3,8-9,18H,4-7,10H2,1H3. The smallest absolute Gasteiger partial charge is 0.128 e. The number of hydrogen-bond acceptors (Lipinski definition) is 4. The van der Waals surface area contributed by atoms with Crippen LogP contribution in [0.2, 0.25) is 10.2 Å². The minimum absolute atomic E-state index is 0.584. The highest BCUT2D eigenvalue weighted by atomic mass is 35.5. The Bertz CT molecular complexity index is 653. The van der Waals surface area contributed by atoms with Gasteiger partial charge in [0.15, 0.2) is 0 Å². The molecule has 118 valence electrons. The van der Waals surface area contributed by atoms with Crippen LogP contribution < -0.4 is 10.2 Å². The van der Waals surface area contributed by atoms with Crippen molar-refractivity contribution >= 4 is 34.6 Å². The summed E-state index contributed by atoms with van der Waals surface area (Å²) in [5, 5.41) is 4.74. The van der Waals surface area contributed by atoms with Gasteiger partial charge in [-0.3, -0.25) is 0 Å². The Kier molecular flexibility index (Phi) is 4.76. The Labute approximate surface area is 139 Å². The Hall–Kier alpha value is -1.43. The van der Waals surface area contributed by atoms with Crippen LogP contribution >= 0.6 is 23.2 Å². The lowest BCUT2D eigenvalue weighted by molar-refractivity contribution is 0.123. The number of benzene rings is 1. The van der Waals surface area contributed by atoms with E-state index >= 15 is 0 Å². The maximum absolute atomic E-state index is 6.15. The van der Waals surface area contributed by atoms with E-state index < -0.39 is 0 Å². The number of rotatable bonds is 4. The number of ether oxygens (including phenoxy) is 1. The van der Waals surface area contributed by atoms with Crippen LogP contribution in [-0.2, 0) is 18.3 Å². The Morgan fingerprint density at radius 2 is 2.05 bits per heavy atom. The Morgan fingerprint density at radius 1 is 1.27 bits per heavy atom. The SMILES string of the molecule is Cn1c(Cl)cnc1CNc1cc(Cl)ccc1N1CCOCC1. The molecule has 1 fully saturated rings. The van der Waals surface area contributed by atoms with Gasteiger partial charge in [-0.05, 0) is 18.2 Å². The topological polar surface area (TPSA) is 42.3 Å². The van der Waals surface area contributed by atoms with Gasteiger partial charge in [-0.2, -0.15) is 0 Å². The summed E-state index contributed by atoms with van der Waals surface area (Å²) in [4.78, 5) is 6.60. The van der Waals surface area contributed by atoms with E-state index in [9.17, 15) is 0 Å². The molecule has 7 heteroatoms. The third kappa shape index (κ3) is 3.32. The summed E-state index contributed by atoms with van der Waals surface area (Å²) in [5.74, 6) is 0.873. The van der Waals surface area contributed by atoms with E-state index in [0.29, 0.717) is 16.7 Å². The second kappa shape index (κ2) is 6.77. The molecule has 1 aromatic carbocycles. The van der Waals surface area contributed by atoms with Gasteiger partial charge in [-0.25, -0.2) is 4.98 Å². The molecule has 1 saturated heterocycles. The fourth-order valence-corrected chi connectivity index (χ4v) is 2.81. The van der Waals surface area contributed by atoms with Crippen molar-refractivity contribution in [1.29, 1.82) is 0 Å². The Balaban J connectivity index is 1.79. The molecule has 0 radical (unpaired) electrons. The van der Waals surface area contributed by atoms with E-state index in [1.54, 1.807) is 6.20 Å². The molecule has 2 heterocycles. The molecule has 0 aliphatic carbocycles. The average Bonchev–Trinajstić information content (AvgIpc) is 2.85. The number of anilines is 2. The van der Waals surface area contributed by atoms with E-state index in [2.05, 4.69) is 15.2 Å². The van der Waals surface area contributed by atoms with Crippen molar-refractivity contribution in [3.05, 3.63) is 40.4 Å². The fourth-order valence-electron chi connectivity index (χ4n) is 2.49. The number of hydrogen-bond donors (Lipinski definition) is 1. The van der Waals surface area contributed by atoms with E-state index in [4.69, 9.17) is 27.9 Å². The van der Waals surface area contributed by atoms with Crippen molar-refractivity contribution < 1.29 is 4.74 Å². The van der Waals surface area contributed by atoms with Crippen molar-refractivity contribution in [2.45, 2.75) is 6.54 Å². The summed E-state index contributed by atoms with van der Waals surface area (Å²) in [6.45, 7) is 3.84.